The smallest absolute Gasteiger partial charge is 0.233 e. The standard InChI is InChI=1S/C37H35N3O4S/c41-37(30-15-17-31(18-16-30)39-45(42,43)24-21-28-9-3-1-4-10-28)26-38-22-23-44-32-19-20-34-33-13-7-8-14-35(33)40(36(34)25-32)27-29-11-5-2-6-12-29/h1-20,25,38-39H,21-24,26-27H2. The quantitative estimate of drug-likeness (QED) is 0.105. The zero-order valence-electron chi connectivity index (χ0n) is 24.9. The fourth-order valence-corrected chi connectivity index (χ4v) is 6.55. The molecule has 0 unspecified atom stereocenters. The molecular weight excluding hydrogens is 582 g/mol. The van der Waals surface area contributed by atoms with Crippen LogP contribution >= 0.6 is 0 Å². The highest BCUT2D eigenvalue weighted by Crippen LogP contribution is 2.32. The van der Waals surface area contributed by atoms with Crippen LogP contribution in [-0.4, -0.2) is 44.2 Å². The highest BCUT2D eigenvalue weighted by atomic mass is 32.2. The molecule has 8 heteroatoms. The summed E-state index contributed by atoms with van der Waals surface area (Å²) >= 11 is 0. The van der Waals surface area contributed by atoms with E-state index in [1.54, 1.807) is 24.3 Å². The Morgan fingerprint density at radius 1 is 0.711 bits per heavy atom. The lowest BCUT2D eigenvalue weighted by Gasteiger charge is -2.11. The normalized spacial score (nSPS) is 11.6. The summed E-state index contributed by atoms with van der Waals surface area (Å²) in [4.78, 5) is 12.7. The largest absolute Gasteiger partial charge is 0.492 e. The van der Waals surface area contributed by atoms with Gasteiger partial charge < -0.3 is 14.6 Å². The number of carbonyl (C=O) groups is 1. The molecule has 0 saturated carbocycles. The van der Waals surface area contributed by atoms with Crippen molar-refractivity contribution < 1.29 is 17.9 Å². The minimum absolute atomic E-state index is 0.0191. The fourth-order valence-electron chi connectivity index (χ4n) is 5.45. The molecular formula is C37H35N3O4S. The monoisotopic (exact) mass is 617 g/mol. The number of fused-ring (bicyclic) bond motifs is 3. The number of ether oxygens (including phenoxy) is 1. The molecule has 0 aliphatic carbocycles. The Morgan fingerprint density at radius 2 is 1.38 bits per heavy atom. The number of anilines is 1. The first-order valence-electron chi connectivity index (χ1n) is 15.0. The number of sulfonamides is 1. The number of nitrogens with zero attached hydrogens (tertiary/aromatic N) is 1. The summed E-state index contributed by atoms with van der Waals surface area (Å²) in [5, 5.41) is 5.55. The van der Waals surface area contributed by atoms with Gasteiger partial charge in [-0.25, -0.2) is 8.42 Å². The summed E-state index contributed by atoms with van der Waals surface area (Å²) in [5.74, 6) is 0.671. The summed E-state index contributed by atoms with van der Waals surface area (Å²) in [6, 6.07) is 41.0. The van der Waals surface area contributed by atoms with Crippen molar-refractivity contribution in [2.75, 3.05) is 30.2 Å². The van der Waals surface area contributed by atoms with Crippen molar-refractivity contribution >= 4 is 43.3 Å². The van der Waals surface area contributed by atoms with Crippen molar-refractivity contribution in [2.24, 2.45) is 0 Å². The molecule has 1 heterocycles. The van der Waals surface area contributed by atoms with Crippen molar-refractivity contribution in [1.29, 1.82) is 0 Å². The second kappa shape index (κ2) is 13.8. The lowest BCUT2D eigenvalue weighted by Crippen LogP contribution is -2.27. The minimum atomic E-state index is -3.51. The number of para-hydroxylation sites is 1. The number of rotatable bonds is 14. The Labute approximate surface area is 263 Å². The molecule has 2 N–H and O–H groups in total. The number of aryl methyl sites for hydroxylation is 1. The van der Waals surface area contributed by atoms with Crippen molar-refractivity contribution in [2.45, 2.75) is 13.0 Å². The molecule has 0 saturated heterocycles. The zero-order valence-corrected chi connectivity index (χ0v) is 25.7. The molecule has 0 fully saturated rings. The number of benzene rings is 5. The van der Waals surface area contributed by atoms with E-state index in [1.807, 2.05) is 42.5 Å². The molecule has 0 amide bonds. The Morgan fingerprint density at radius 3 is 2.13 bits per heavy atom. The molecule has 7 nitrogen and oxygen atoms in total. The number of ketones is 1. The van der Waals surface area contributed by atoms with E-state index in [-0.39, 0.29) is 18.1 Å². The van der Waals surface area contributed by atoms with E-state index in [2.05, 4.69) is 75.3 Å². The Balaban J connectivity index is 1.00. The van der Waals surface area contributed by atoms with Crippen molar-refractivity contribution in [1.82, 2.24) is 9.88 Å². The van der Waals surface area contributed by atoms with Gasteiger partial charge in [-0.1, -0.05) is 78.9 Å². The minimum Gasteiger partial charge on any atom is -0.492 e. The maximum absolute atomic E-state index is 12.7. The third-order valence-corrected chi connectivity index (χ3v) is 9.03. The van der Waals surface area contributed by atoms with Crippen LogP contribution < -0.4 is 14.8 Å². The van der Waals surface area contributed by atoms with Gasteiger partial charge in [0.1, 0.15) is 12.4 Å². The zero-order chi connectivity index (χ0) is 31.1. The molecule has 0 aliphatic rings. The molecule has 5 aromatic carbocycles. The topological polar surface area (TPSA) is 89.4 Å². The first-order chi connectivity index (χ1) is 21.9. The average Bonchev–Trinajstić information content (AvgIpc) is 3.37. The molecule has 6 aromatic rings. The SMILES string of the molecule is O=C(CNCCOc1ccc2c3ccccc3n(Cc3ccccc3)c2c1)c1ccc(NS(=O)(=O)CCc2ccccc2)cc1. The lowest BCUT2D eigenvalue weighted by molar-refractivity contribution is 0.0990. The van der Waals surface area contributed by atoms with Gasteiger partial charge in [0.15, 0.2) is 5.78 Å². The summed E-state index contributed by atoms with van der Waals surface area (Å²) in [7, 11) is -3.51. The van der Waals surface area contributed by atoms with E-state index in [0.29, 0.717) is 30.8 Å². The molecule has 0 atom stereocenters. The molecule has 6 rings (SSSR count). The van der Waals surface area contributed by atoms with Gasteiger partial charge in [0.05, 0.1) is 17.8 Å². The number of hydrogen-bond acceptors (Lipinski definition) is 5. The van der Waals surface area contributed by atoms with Crippen LogP contribution in [0.5, 0.6) is 5.75 Å². The van der Waals surface area contributed by atoms with Crippen LogP contribution in [0.15, 0.2) is 127 Å². The van der Waals surface area contributed by atoms with Crippen LogP contribution in [-0.2, 0) is 23.0 Å². The number of carbonyl (C=O) groups excluding carboxylic acids is 1. The Bertz CT molecular complexity index is 2010. The van der Waals surface area contributed by atoms with Crippen LogP contribution in [0.3, 0.4) is 0 Å². The molecule has 0 bridgehead atoms. The maximum Gasteiger partial charge on any atom is 0.233 e. The second-order valence-electron chi connectivity index (χ2n) is 11.0. The van der Waals surface area contributed by atoms with Gasteiger partial charge in [0.2, 0.25) is 10.0 Å². The summed E-state index contributed by atoms with van der Waals surface area (Å²) in [6.45, 7) is 1.81. The van der Waals surface area contributed by atoms with Crippen LogP contribution in [0.4, 0.5) is 5.69 Å². The number of nitrogens with one attached hydrogen (secondary N) is 2. The molecule has 0 radical (unpaired) electrons. The highest BCUT2D eigenvalue weighted by molar-refractivity contribution is 7.92. The highest BCUT2D eigenvalue weighted by Gasteiger charge is 2.13. The van der Waals surface area contributed by atoms with Gasteiger partial charge in [-0.2, -0.15) is 0 Å². The van der Waals surface area contributed by atoms with Gasteiger partial charge >= 0.3 is 0 Å². The summed E-state index contributed by atoms with van der Waals surface area (Å²) in [5.41, 5.74) is 5.43. The van der Waals surface area contributed by atoms with Gasteiger partial charge in [-0.05, 0) is 60.0 Å². The van der Waals surface area contributed by atoms with E-state index in [4.69, 9.17) is 4.74 Å². The fraction of sp³-hybridized carbons (Fsp3) is 0.162. The van der Waals surface area contributed by atoms with E-state index < -0.39 is 10.0 Å². The van der Waals surface area contributed by atoms with Gasteiger partial charge in [0.25, 0.3) is 0 Å². The van der Waals surface area contributed by atoms with Gasteiger partial charge in [-0.3, -0.25) is 9.52 Å². The average molecular weight is 618 g/mol. The number of aromatic nitrogens is 1. The summed E-state index contributed by atoms with van der Waals surface area (Å²) in [6.07, 6.45) is 0.426. The predicted molar refractivity (Wildman–Crippen MR) is 182 cm³/mol. The van der Waals surface area contributed by atoms with Gasteiger partial charge in [0, 0.05) is 46.7 Å². The number of Topliss-reactive ketones (excluding diaryl/α,β-unsaturated/α-hetero) is 1. The molecule has 0 aliphatic heterocycles. The maximum atomic E-state index is 12.7. The molecule has 228 valence electrons. The lowest BCUT2D eigenvalue weighted by atomic mass is 10.1. The van der Waals surface area contributed by atoms with Crippen LogP contribution in [0, 0.1) is 0 Å². The van der Waals surface area contributed by atoms with E-state index in [1.165, 1.54) is 21.9 Å². The second-order valence-corrected chi connectivity index (χ2v) is 12.8. The third kappa shape index (κ3) is 7.60. The number of hydrogen-bond donors (Lipinski definition) is 2. The van der Waals surface area contributed by atoms with Crippen LogP contribution in [0.25, 0.3) is 21.8 Å². The molecule has 1 aromatic heterocycles. The predicted octanol–water partition coefficient (Wildman–Crippen LogP) is 6.68. The van der Waals surface area contributed by atoms with Crippen LogP contribution in [0.1, 0.15) is 21.5 Å². The third-order valence-electron chi connectivity index (χ3n) is 7.74. The first-order valence-corrected chi connectivity index (χ1v) is 16.7. The van der Waals surface area contributed by atoms with Crippen molar-refractivity contribution in [3.8, 4) is 5.75 Å². The first kappa shape index (κ1) is 30.1. The van der Waals surface area contributed by atoms with E-state index in [0.717, 1.165) is 23.4 Å². The van der Waals surface area contributed by atoms with E-state index in [9.17, 15) is 13.2 Å². The van der Waals surface area contributed by atoms with Crippen molar-refractivity contribution in [3.63, 3.8) is 0 Å². The Kier molecular flexibility index (Phi) is 9.24. The summed E-state index contributed by atoms with van der Waals surface area (Å²) < 4.78 is 36.0. The Hall–Kier alpha value is -4.92. The van der Waals surface area contributed by atoms with Crippen molar-refractivity contribution in [3.05, 3.63) is 144 Å². The molecule has 0 spiro atoms. The van der Waals surface area contributed by atoms with Gasteiger partial charge in [-0.15, -0.1) is 0 Å². The molecule has 45 heavy (non-hydrogen) atoms. The van der Waals surface area contributed by atoms with E-state index >= 15 is 0 Å². The van der Waals surface area contributed by atoms with Crippen LogP contribution in [0.2, 0.25) is 0 Å².